The fraction of sp³-hybridized carbons (Fsp3) is 0.333. The maximum Gasteiger partial charge on any atom is 0.118 e. The van der Waals surface area contributed by atoms with Gasteiger partial charge in [-0.3, -0.25) is 0 Å². The lowest BCUT2D eigenvalue weighted by Crippen LogP contribution is -2.40. The number of rotatable bonds is 5. The predicted molar refractivity (Wildman–Crippen MR) is 85.0 cm³/mol. The van der Waals surface area contributed by atoms with Crippen LogP contribution in [0.2, 0.25) is 0 Å². The smallest absolute Gasteiger partial charge is 0.118 e. The van der Waals surface area contributed by atoms with Crippen LogP contribution in [0.15, 0.2) is 40.2 Å². The number of hydrogen-bond donors (Lipinski definition) is 1. The number of halogens is 1. The Balaban J connectivity index is 2.03. The summed E-state index contributed by atoms with van der Waals surface area (Å²) in [5.41, 5.74) is 7.42. The van der Waals surface area contributed by atoms with E-state index in [0.29, 0.717) is 0 Å². The second-order valence-corrected chi connectivity index (χ2v) is 7.00. The van der Waals surface area contributed by atoms with E-state index in [1.54, 1.807) is 18.4 Å². The predicted octanol–water partition coefficient (Wildman–Crippen LogP) is 4.02. The van der Waals surface area contributed by atoms with Crippen molar-refractivity contribution in [2.45, 2.75) is 25.3 Å². The molecule has 0 amide bonds. The molecule has 0 saturated heterocycles. The summed E-state index contributed by atoms with van der Waals surface area (Å²) in [6.45, 7) is 2.10. The average molecular weight is 340 g/mol. The zero-order valence-corrected chi connectivity index (χ0v) is 13.6. The first kappa shape index (κ1) is 14.6. The van der Waals surface area contributed by atoms with Crippen molar-refractivity contribution in [3.63, 3.8) is 0 Å². The first-order chi connectivity index (χ1) is 8.98. The Kier molecular flexibility index (Phi) is 4.66. The highest BCUT2D eigenvalue weighted by Gasteiger charge is 2.20. The van der Waals surface area contributed by atoms with Crippen LogP contribution in [0.1, 0.15) is 17.4 Å². The quantitative estimate of drug-likeness (QED) is 0.892. The topological polar surface area (TPSA) is 35.2 Å². The Morgan fingerprint density at radius 1 is 1.26 bits per heavy atom. The van der Waals surface area contributed by atoms with Crippen LogP contribution < -0.4 is 10.5 Å². The SMILES string of the molecule is COc1ccc(CC(C)(N)Cc2cc(Br)cs2)cc1. The molecule has 1 heterocycles. The molecule has 102 valence electrons. The summed E-state index contributed by atoms with van der Waals surface area (Å²) in [4.78, 5) is 1.31. The molecule has 19 heavy (non-hydrogen) atoms. The molecule has 0 fully saturated rings. The van der Waals surface area contributed by atoms with Gasteiger partial charge in [0.2, 0.25) is 0 Å². The zero-order valence-electron chi connectivity index (χ0n) is 11.2. The highest BCUT2D eigenvalue weighted by atomic mass is 79.9. The minimum atomic E-state index is -0.237. The third-order valence-electron chi connectivity index (χ3n) is 2.97. The van der Waals surface area contributed by atoms with Crippen LogP contribution in [0.5, 0.6) is 5.75 Å². The van der Waals surface area contributed by atoms with E-state index in [2.05, 4.69) is 46.4 Å². The van der Waals surface area contributed by atoms with E-state index < -0.39 is 0 Å². The van der Waals surface area contributed by atoms with Gasteiger partial charge >= 0.3 is 0 Å². The largest absolute Gasteiger partial charge is 0.497 e. The third-order valence-corrected chi connectivity index (χ3v) is 4.66. The third kappa shape index (κ3) is 4.34. The molecule has 0 aliphatic rings. The van der Waals surface area contributed by atoms with Gasteiger partial charge in [0.05, 0.1) is 7.11 Å². The molecule has 1 atom stereocenters. The van der Waals surface area contributed by atoms with Crippen molar-refractivity contribution in [3.8, 4) is 5.75 Å². The van der Waals surface area contributed by atoms with E-state index in [0.717, 1.165) is 23.1 Å². The maximum atomic E-state index is 6.42. The lowest BCUT2D eigenvalue weighted by molar-refractivity contribution is 0.414. The molecule has 0 spiro atoms. The lowest BCUT2D eigenvalue weighted by atomic mass is 9.90. The molecule has 2 N–H and O–H groups in total. The summed E-state index contributed by atoms with van der Waals surface area (Å²) in [6, 6.07) is 10.3. The van der Waals surface area contributed by atoms with Gasteiger partial charge in [0, 0.05) is 20.3 Å². The Morgan fingerprint density at radius 3 is 2.47 bits per heavy atom. The second kappa shape index (κ2) is 6.07. The van der Waals surface area contributed by atoms with Crippen molar-refractivity contribution < 1.29 is 4.74 Å². The van der Waals surface area contributed by atoms with Gasteiger partial charge in [0.1, 0.15) is 5.75 Å². The van der Waals surface area contributed by atoms with E-state index in [-0.39, 0.29) is 5.54 Å². The molecule has 0 aliphatic heterocycles. The molecule has 2 aromatic rings. The van der Waals surface area contributed by atoms with Crippen LogP contribution in [0, 0.1) is 0 Å². The minimum absolute atomic E-state index is 0.237. The van der Waals surface area contributed by atoms with Crippen molar-refractivity contribution in [1.29, 1.82) is 0 Å². The van der Waals surface area contributed by atoms with Crippen molar-refractivity contribution in [1.82, 2.24) is 0 Å². The van der Waals surface area contributed by atoms with Crippen LogP contribution in [0.4, 0.5) is 0 Å². The maximum absolute atomic E-state index is 6.42. The Hall–Kier alpha value is -0.840. The number of benzene rings is 1. The number of methoxy groups -OCH3 is 1. The average Bonchev–Trinajstić information content (AvgIpc) is 2.74. The summed E-state index contributed by atoms with van der Waals surface area (Å²) in [5, 5.41) is 2.10. The summed E-state index contributed by atoms with van der Waals surface area (Å²) < 4.78 is 6.30. The van der Waals surface area contributed by atoms with Gasteiger partial charge in [0.15, 0.2) is 0 Å². The van der Waals surface area contributed by atoms with Crippen molar-refractivity contribution in [3.05, 3.63) is 50.6 Å². The molecular weight excluding hydrogens is 322 g/mol. The van der Waals surface area contributed by atoms with E-state index in [4.69, 9.17) is 10.5 Å². The number of ether oxygens (including phenoxy) is 1. The van der Waals surface area contributed by atoms with Crippen molar-refractivity contribution >= 4 is 27.3 Å². The summed E-state index contributed by atoms with van der Waals surface area (Å²) >= 11 is 5.22. The lowest BCUT2D eigenvalue weighted by Gasteiger charge is -2.24. The highest BCUT2D eigenvalue weighted by molar-refractivity contribution is 9.10. The molecular formula is C15H18BrNOS. The van der Waals surface area contributed by atoms with Gasteiger partial charge in [0.25, 0.3) is 0 Å². The Labute approximate surface area is 126 Å². The zero-order chi connectivity index (χ0) is 13.9. The van der Waals surface area contributed by atoms with E-state index in [1.165, 1.54) is 10.4 Å². The van der Waals surface area contributed by atoms with Gasteiger partial charge in [-0.15, -0.1) is 11.3 Å². The summed E-state index contributed by atoms with van der Waals surface area (Å²) in [5.74, 6) is 0.879. The molecule has 2 rings (SSSR count). The number of nitrogens with two attached hydrogens (primary N) is 1. The molecule has 0 saturated carbocycles. The van der Waals surface area contributed by atoms with Gasteiger partial charge in [-0.2, -0.15) is 0 Å². The van der Waals surface area contributed by atoms with Crippen LogP contribution in [-0.4, -0.2) is 12.6 Å². The molecule has 0 bridgehead atoms. The van der Waals surface area contributed by atoms with Crippen LogP contribution >= 0.6 is 27.3 Å². The van der Waals surface area contributed by atoms with Gasteiger partial charge in [-0.25, -0.2) is 0 Å². The normalized spacial score (nSPS) is 14.1. The van der Waals surface area contributed by atoms with Gasteiger partial charge < -0.3 is 10.5 Å². The van der Waals surface area contributed by atoms with Crippen molar-refractivity contribution in [2.24, 2.45) is 5.73 Å². The molecule has 1 aromatic heterocycles. The molecule has 0 aliphatic carbocycles. The molecule has 1 unspecified atom stereocenters. The highest BCUT2D eigenvalue weighted by Crippen LogP contribution is 2.25. The van der Waals surface area contributed by atoms with E-state index in [1.807, 2.05) is 12.1 Å². The molecule has 2 nitrogen and oxygen atoms in total. The van der Waals surface area contributed by atoms with E-state index >= 15 is 0 Å². The van der Waals surface area contributed by atoms with E-state index in [9.17, 15) is 0 Å². The first-order valence-electron chi connectivity index (χ1n) is 6.13. The fourth-order valence-corrected chi connectivity index (χ4v) is 3.77. The molecule has 4 heteroatoms. The Bertz CT molecular complexity index is 533. The van der Waals surface area contributed by atoms with Crippen molar-refractivity contribution in [2.75, 3.05) is 7.11 Å². The molecule has 1 aromatic carbocycles. The number of hydrogen-bond acceptors (Lipinski definition) is 3. The molecule has 0 radical (unpaired) electrons. The fourth-order valence-electron chi connectivity index (χ4n) is 2.12. The number of thiophene rings is 1. The monoisotopic (exact) mass is 339 g/mol. The minimum Gasteiger partial charge on any atom is -0.497 e. The summed E-state index contributed by atoms with van der Waals surface area (Å²) in [7, 11) is 1.68. The van der Waals surface area contributed by atoms with Gasteiger partial charge in [-0.1, -0.05) is 12.1 Å². The van der Waals surface area contributed by atoms with Crippen LogP contribution in [-0.2, 0) is 12.8 Å². The summed E-state index contributed by atoms with van der Waals surface area (Å²) in [6.07, 6.45) is 1.74. The van der Waals surface area contributed by atoms with Crippen LogP contribution in [0.3, 0.4) is 0 Å². The Morgan fingerprint density at radius 2 is 1.95 bits per heavy atom. The van der Waals surface area contributed by atoms with Crippen LogP contribution in [0.25, 0.3) is 0 Å². The van der Waals surface area contributed by atoms with Gasteiger partial charge in [-0.05, 0) is 59.5 Å². The standard InChI is InChI=1S/C15H18BrNOS/c1-15(17,9-14-7-12(16)10-19-14)8-11-3-5-13(18-2)6-4-11/h3-7,10H,8-9,17H2,1-2H3. The first-order valence-corrected chi connectivity index (χ1v) is 7.80. The second-order valence-electron chi connectivity index (χ2n) is 5.09.